The van der Waals surface area contributed by atoms with Crippen molar-refractivity contribution in [2.45, 2.75) is 25.9 Å². The van der Waals surface area contributed by atoms with E-state index >= 15 is 0 Å². The van der Waals surface area contributed by atoms with Gasteiger partial charge in [-0.05, 0) is 31.6 Å². The Labute approximate surface area is 117 Å². The van der Waals surface area contributed by atoms with Crippen molar-refractivity contribution in [2.75, 3.05) is 40.3 Å². The minimum atomic E-state index is 0.596. The molecule has 0 spiro atoms. The summed E-state index contributed by atoms with van der Waals surface area (Å²) in [5, 5.41) is 3.60. The number of hydrogen-bond donors (Lipinski definition) is 1. The van der Waals surface area contributed by atoms with Gasteiger partial charge in [0.15, 0.2) is 0 Å². The summed E-state index contributed by atoms with van der Waals surface area (Å²) in [6.07, 6.45) is 1.12. The highest BCUT2D eigenvalue weighted by molar-refractivity contribution is 5.22. The molecule has 19 heavy (non-hydrogen) atoms. The number of hydrogen-bond acceptors (Lipinski definition) is 3. The third kappa shape index (κ3) is 4.60. The molecule has 1 atom stereocenters. The number of piperazine rings is 1. The van der Waals surface area contributed by atoms with E-state index in [1.54, 1.807) is 0 Å². The first kappa shape index (κ1) is 14.5. The Morgan fingerprint density at radius 3 is 2.58 bits per heavy atom. The summed E-state index contributed by atoms with van der Waals surface area (Å²) in [5.74, 6) is 0. The molecule has 3 nitrogen and oxygen atoms in total. The minimum absolute atomic E-state index is 0.596. The standard InChI is InChI=1S/C16H27N3/c1-4-14-5-7-15(8-6-14)11-19(3)13-16-12-18(2)10-9-17-16/h5-8,16-17H,4,9-13H2,1-3H3. The predicted octanol–water partition coefficient (Wildman–Crippen LogP) is 1.58. The second kappa shape index (κ2) is 7.04. The van der Waals surface area contributed by atoms with Crippen molar-refractivity contribution in [2.24, 2.45) is 0 Å². The monoisotopic (exact) mass is 261 g/mol. The average molecular weight is 261 g/mol. The zero-order chi connectivity index (χ0) is 13.7. The van der Waals surface area contributed by atoms with Gasteiger partial charge >= 0.3 is 0 Å². The molecular formula is C16H27N3. The topological polar surface area (TPSA) is 18.5 Å². The van der Waals surface area contributed by atoms with Crippen LogP contribution in [0.3, 0.4) is 0 Å². The second-order valence-corrected chi connectivity index (χ2v) is 5.78. The van der Waals surface area contributed by atoms with Gasteiger partial charge in [0.1, 0.15) is 0 Å². The van der Waals surface area contributed by atoms with Crippen LogP contribution in [0.25, 0.3) is 0 Å². The maximum absolute atomic E-state index is 3.60. The van der Waals surface area contributed by atoms with Gasteiger partial charge in [0.2, 0.25) is 0 Å². The average Bonchev–Trinajstić information content (AvgIpc) is 2.39. The zero-order valence-corrected chi connectivity index (χ0v) is 12.5. The first-order chi connectivity index (χ1) is 9.17. The number of likely N-dealkylation sites (N-methyl/N-ethyl adjacent to an activating group) is 2. The van der Waals surface area contributed by atoms with Crippen molar-refractivity contribution in [1.29, 1.82) is 0 Å². The molecule has 1 fully saturated rings. The van der Waals surface area contributed by atoms with Gasteiger partial charge < -0.3 is 15.1 Å². The van der Waals surface area contributed by atoms with E-state index in [0.29, 0.717) is 6.04 Å². The molecule has 0 radical (unpaired) electrons. The van der Waals surface area contributed by atoms with Gasteiger partial charge in [0.05, 0.1) is 0 Å². The Morgan fingerprint density at radius 1 is 1.26 bits per heavy atom. The lowest BCUT2D eigenvalue weighted by atomic mass is 10.1. The van der Waals surface area contributed by atoms with Crippen molar-refractivity contribution < 1.29 is 0 Å². The van der Waals surface area contributed by atoms with Crippen molar-refractivity contribution in [3.05, 3.63) is 35.4 Å². The fourth-order valence-electron chi connectivity index (χ4n) is 2.75. The van der Waals surface area contributed by atoms with Crippen LogP contribution in [0.2, 0.25) is 0 Å². The molecule has 1 saturated heterocycles. The van der Waals surface area contributed by atoms with Gasteiger partial charge in [-0.3, -0.25) is 0 Å². The van der Waals surface area contributed by atoms with Gasteiger partial charge in [-0.15, -0.1) is 0 Å². The molecule has 106 valence electrons. The van der Waals surface area contributed by atoms with Crippen molar-refractivity contribution in [1.82, 2.24) is 15.1 Å². The first-order valence-electron chi connectivity index (χ1n) is 7.35. The normalized spacial score (nSPS) is 20.9. The minimum Gasteiger partial charge on any atom is -0.310 e. The summed E-state index contributed by atoms with van der Waals surface area (Å²) in [4.78, 5) is 4.82. The van der Waals surface area contributed by atoms with Crippen molar-refractivity contribution in [3.63, 3.8) is 0 Å². The van der Waals surface area contributed by atoms with E-state index in [-0.39, 0.29) is 0 Å². The molecule has 0 aromatic heterocycles. The van der Waals surface area contributed by atoms with Crippen LogP contribution in [0.5, 0.6) is 0 Å². The molecule has 0 bridgehead atoms. The number of aryl methyl sites for hydroxylation is 1. The van der Waals surface area contributed by atoms with Crippen LogP contribution < -0.4 is 5.32 Å². The maximum atomic E-state index is 3.60. The van der Waals surface area contributed by atoms with E-state index in [9.17, 15) is 0 Å². The summed E-state index contributed by atoms with van der Waals surface area (Å²) in [6, 6.07) is 9.61. The van der Waals surface area contributed by atoms with Crippen LogP contribution in [0.1, 0.15) is 18.1 Å². The van der Waals surface area contributed by atoms with Gasteiger partial charge in [-0.25, -0.2) is 0 Å². The molecule has 1 aliphatic heterocycles. The summed E-state index contributed by atoms with van der Waals surface area (Å²) in [6.45, 7) is 7.77. The highest BCUT2D eigenvalue weighted by Gasteiger charge is 2.17. The van der Waals surface area contributed by atoms with Crippen LogP contribution in [-0.4, -0.2) is 56.1 Å². The molecule has 0 saturated carbocycles. The SMILES string of the molecule is CCc1ccc(CN(C)CC2CN(C)CCN2)cc1. The summed E-state index contributed by atoms with van der Waals surface area (Å²) in [7, 11) is 4.42. The number of nitrogens with zero attached hydrogens (tertiary/aromatic N) is 2. The van der Waals surface area contributed by atoms with Crippen molar-refractivity contribution in [3.8, 4) is 0 Å². The molecular weight excluding hydrogens is 234 g/mol. The molecule has 0 aliphatic carbocycles. The second-order valence-electron chi connectivity index (χ2n) is 5.78. The molecule has 1 aliphatic rings. The van der Waals surface area contributed by atoms with Gasteiger partial charge in [0, 0.05) is 38.8 Å². The third-order valence-corrected chi connectivity index (χ3v) is 3.87. The lowest BCUT2D eigenvalue weighted by molar-refractivity contribution is 0.192. The number of rotatable bonds is 5. The molecule has 1 N–H and O–H groups in total. The largest absolute Gasteiger partial charge is 0.310 e. The van der Waals surface area contributed by atoms with E-state index in [4.69, 9.17) is 0 Å². The highest BCUT2D eigenvalue weighted by atomic mass is 15.2. The van der Waals surface area contributed by atoms with Gasteiger partial charge in [-0.1, -0.05) is 31.2 Å². The van der Waals surface area contributed by atoms with Crippen LogP contribution in [0.4, 0.5) is 0 Å². The number of nitrogens with one attached hydrogen (secondary N) is 1. The smallest absolute Gasteiger partial charge is 0.0323 e. The summed E-state index contributed by atoms with van der Waals surface area (Å²) < 4.78 is 0. The van der Waals surface area contributed by atoms with Gasteiger partial charge in [0.25, 0.3) is 0 Å². The lowest BCUT2D eigenvalue weighted by Crippen LogP contribution is -2.53. The fourth-order valence-corrected chi connectivity index (χ4v) is 2.75. The lowest BCUT2D eigenvalue weighted by Gasteiger charge is -2.33. The van der Waals surface area contributed by atoms with Crippen LogP contribution >= 0.6 is 0 Å². The summed E-state index contributed by atoms with van der Waals surface area (Å²) in [5.41, 5.74) is 2.82. The molecule has 1 aromatic rings. The van der Waals surface area contributed by atoms with E-state index in [1.165, 1.54) is 17.7 Å². The van der Waals surface area contributed by atoms with Crippen molar-refractivity contribution >= 4 is 0 Å². The Balaban J connectivity index is 1.81. The third-order valence-electron chi connectivity index (χ3n) is 3.87. The Bertz CT molecular complexity index is 374. The van der Waals surface area contributed by atoms with Crippen LogP contribution in [-0.2, 0) is 13.0 Å². The zero-order valence-electron chi connectivity index (χ0n) is 12.5. The Hall–Kier alpha value is -0.900. The quantitative estimate of drug-likeness (QED) is 0.868. The highest BCUT2D eigenvalue weighted by Crippen LogP contribution is 2.08. The fraction of sp³-hybridized carbons (Fsp3) is 0.625. The first-order valence-corrected chi connectivity index (χ1v) is 7.35. The molecule has 3 heteroatoms. The Kier molecular flexibility index (Phi) is 5.37. The molecule has 1 unspecified atom stereocenters. The molecule has 1 aromatic carbocycles. The predicted molar refractivity (Wildman–Crippen MR) is 81.4 cm³/mol. The van der Waals surface area contributed by atoms with E-state index in [2.05, 4.69) is 60.4 Å². The molecule has 1 heterocycles. The number of benzene rings is 1. The van der Waals surface area contributed by atoms with E-state index < -0.39 is 0 Å². The molecule has 0 amide bonds. The van der Waals surface area contributed by atoms with E-state index in [1.807, 2.05) is 0 Å². The Morgan fingerprint density at radius 2 is 1.95 bits per heavy atom. The van der Waals surface area contributed by atoms with Crippen LogP contribution in [0.15, 0.2) is 24.3 Å². The summed E-state index contributed by atoms with van der Waals surface area (Å²) >= 11 is 0. The molecule has 2 rings (SSSR count). The van der Waals surface area contributed by atoms with E-state index in [0.717, 1.165) is 32.6 Å². The van der Waals surface area contributed by atoms with Crippen LogP contribution in [0, 0.1) is 0 Å². The maximum Gasteiger partial charge on any atom is 0.0323 e. The van der Waals surface area contributed by atoms with Gasteiger partial charge in [-0.2, -0.15) is 0 Å².